The van der Waals surface area contributed by atoms with Gasteiger partial charge >= 0.3 is 0 Å². The van der Waals surface area contributed by atoms with E-state index in [0.29, 0.717) is 0 Å². The van der Waals surface area contributed by atoms with Crippen LogP contribution in [-0.4, -0.2) is 33.8 Å². The van der Waals surface area contributed by atoms with Gasteiger partial charge in [-0.1, -0.05) is 52.7 Å². The number of anilines is 3. The molecule has 0 unspecified atom stereocenters. The van der Waals surface area contributed by atoms with Crippen molar-refractivity contribution in [3.05, 3.63) is 116 Å². The Kier molecular flexibility index (Phi) is 5.29. The summed E-state index contributed by atoms with van der Waals surface area (Å²) in [7, 11) is 2.03. The van der Waals surface area contributed by atoms with Crippen LogP contribution < -0.4 is 20.6 Å². The molecule has 0 amide bonds. The summed E-state index contributed by atoms with van der Waals surface area (Å²) in [5.74, 6) is 0. The molecule has 3 aliphatic rings. The normalized spacial score (nSPS) is 14.3. The Balaban J connectivity index is 0.00000242. The topological polar surface area (TPSA) is 40.4 Å². The smallest absolute Gasteiger partial charge is 0.278 e. The molecule has 186 valence electrons. The van der Waals surface area contributed by atoms with Crippen molar-refractivity contribution < 1.29 is 20.4 Å². The number of aromatic nitrogens is 3. The zero-order valence-electron chi connectivity index (χ0n) is 20.4. The van der Waals surface area contributed by atoms with Gasteiger partial charge in [-0.05, 0) is 37.3 Å². The number of hydrogen-bond donors (Lipinski definition) is 0. The van der Waals surface area contributed by atoms with Crippen molar-refractivity contribution in [2.75, 3.05) is 16.8 Å². The molecule has 0 fully saturated rings. The minimum atomic E-state index is -0.0949. The first-order chi connectivity index (χ1) is 18.3. The van der Waals surface area contributed by atoms with E-state index in [1.807, 2.05) is 24.3 Å². The van der Waals surface area contributed by atoms with Crippen molar-refractivity contribution in [1.29, 1.82) is 0 Å². The molecule has 0 bridgehead atoms. The van der Waals surface area contributed by atoms with Crippen LogP contribution in [0.15, 0.2) is 97.6 Å². The maximum Gasteiger partial charge on any atom is 0.278 e. The van der Waals surface area contributed by atoms with Crippen LogP contribution in [0.1, 0.15) is 0 Å². The number of hydrogen-bond acceptors (Lipinski definition) is 5. The third-order valence-electron chi connectivity index (χ3n) is 7.35. The molecular weight excluding hydrogens is 562 g/mol. The molecule has 3 aliphatic heterocycles. The molecule has 4 aromatic carbocycles. The molecular formula is C30H20BN6Pd-3. The van der Waals surface area contributed by atoms with Gasteiger partial charge in [0.25, 0.3) is 6.85 Å². The molecule has 5 aromatic rings. The summed E-state index contributed by atoms with van der Waals surface area (Å²) in [5.41, 5.74) is 11.3. The van der Waals surface area contributed by atoms with Gasteiger partial charge in [0.2, 0.25) is 0 Å². The minimum Gasteiger partial charge on any atom is -0.510 e. The standard InChI is InChI=1S/C30H20BN6.Pd/c1-34-16-17-35(20-34)21-10-12-23-25-6-2-4-8-29(25)37-30-9-5-3-7-26(30)24-13-11-22(36-15-14-32-33-36)19-28(24)31(37)27(23)18-21;/h2-17,20H,1H3;/q-3;. The van der Waals surface area contributed by atoms with Crippen molar-refractivity contribution in [3.8, 4) is 27.9 Å². The first kappa shape index (κ1) is 23.0. The molecule has 0 aliphatic carbocycles. The fraction of sp³-hybridized carbons (Fsp3) is 0.0333. The average molecular weight is 582 g/mol. The Morgan fingerprint density at radius 2 is 1.37 bits per heavy atom. The van der Waals surface area contributed by atoms with Gasteiger partial charge in [0.1, 0.15) is 0 Å². The predicted octanol–water partition coefficient (Wildman–Crippen LogP) is 4.11. The number of rotatable bonds is 2. The summed E-state index contributed by atoms with van der Waals surface area (Å²) >= 11 is 0. The molecule has 0 N–H and O–H groups in total. The van der Waals surface area contributed by atoms with Gasteiger partial charge in [-0.15, -0.1) is 34.0 Å². The van der Waals surface area contributed by atoms with Crippen LogP contribution in [0.5, 0.6) is 0 Å². The fourth-order valence-electron chi connectivity index (χ4n) is 5.75. The van der Waals surface area contributed by atoms with E-state index in [4.69, 9.17) is 0 Å². The van der Waals surface area contributed by atoms with Crippen LogP contribution in [0, 0.1) is 18.8 Å². The van der Waals surface area contributed by atoms with Crippen molar-refractivity contribution in [3.63, 3.8) is 0 Å². The van der Waals surface area contributed by atoms with E-state index in [1.54, 1.807) is 10.9 Å². The SMILES string of the molecule is CN1C=CN(c2[c-]c3c(cc2)-c2ccccc2N2B3c3[c-]c(-n4ccnn4)ccc3-c3ccccc32)[CH-]1.[Pd]. The van der Waals surface area contributed by atoms with E-state index in [9.17, 15) is 0 Å². The summed E-state index contributed by atoms with van der Waals surface area (Å²) in [5, 5.41) is 8.24. The van der Waals surface area contributed by atoms with Crippen molar-refractivity contribution >= 4 is 34.8 Å². The molecule has 8 heteroatoms. The zero-order valence-corrected chi connectivity index (χ0v) is 21.9. The van der Waals surface area contributed by atoms with E-state index in [2.05, 4.69) is 118 Å². The van der Waals surface area contributed by atoms with Gasteiger partial charge < -0.3 is 14.6 Å². The molecule has 38 heavy (non-hydrogen) atoms. The third-order valence-corrected chi connectivity index (χ3v) is 7.35. The molecule has 0 atom stereocenters. The van der Waals surface area contributed by atoms with Gasteiger partial charge in [0.15, 0.2) is 0 Å². The number of para-hydroxylation sites is 2. The van der Waals surface area contributed by atoms with Crippen molar-refractivity contribution in [1.82, 2.24) is 19.9 Å². The number of benzene rings is 4. The van der Waals surface area contributed by atoms with E-state index >= 15 is 0 Å². The molecule has 0 saturated carbocycles. The van der Waals surface area contributed by atoms with E-state index in [0.717, 1.165) is 22.3 Å². The van der Waals surface area contributed by atoms with Gasteiger partial charge in [0.05, 0.1) is 6.20 Å². The molecule has 0 spiro atoms. The van der Waals surface area contributed by atoms with Crippen LogP contribution in [0.3, 0.4) is 0 Å². The maximum atomic E-state index is 4.23. The summed E-state index contributed by atoms with van der Waals surface area (Å²) in [6.07, 6.45) is 7.65. The van der Waals surface area contributed by atoms with Gasteiger partial charge in [0, 0.05) is 38.0 Å². The summed E-state index contributed by atoms with van der Waals surface area (Å²) in [6.45, 7) is 1.97. The first-order valence-electron chi connectivity index (χ1n) is 12.3. The Bertz CT molecular complexity index is 1720. The Labute approximate surface area is 235 Å². The average Bonchev–Trinajstić information content (AvgIpc) is 3.65. The second-order valence-electron chi connectivity index (χ2n) is 9.48. The van der Waals surface area contributed by atoms with Crippen LogP contribution in [0.4, 0.5) is 17.1 Å². The Morgan fingerprint density at radius 3 is 1.97 bits per heavy atom. The van der Waals surface area contributed by atoms with Gasteiger partial charge in [-0.2, -0.15) is 41.9 Å². The van der Waals surface area contributed by atoms with Crippen LogP contribution in [0.25, 0.3) is 27.9 Å². The molecule has 0 radical (unpaired) electrons. The third kappa shape index (κ3) is 3.31. The largest absolute Gasteiger partial charge is 0.510 e. The molecule has 1 aromatic heterocycles. The van der Waals surface area contributed by atoms with Crippen molar-refractivity contribution in [2.45, 2.75) is 0 Å². The summed E-state index contributed by atoms with van der Waals surface area (Å²) < 4.78 is 1.77. The van der Waals surface area contributed by atoms with Crippen LogP contribution >= 0.6 is 0 Å². The summed E-state index contributed by atoms with van der Waals surface area (Å²) in [4.78, 5) is 6.60. The fourth-order valence-corrected chi connectivity index (χ4v) is 5.75. The first-order valence-corrected chi connectivity index (χ1v) is 12.3. The van der Waals surface area contributed by atoms with Crippen LogP contribution in [0.2, 0.25) is 0 Å². The minimum absolute atomic E-state index is 0. The maximum absolute atomic E-state index is 4.23. The molecule has 6 nitrogen and oxygen atoms in total. The Morgan fingerprint density at radius 1 is 0.737 bits per heavy atom. The number of fused-ring (bicyclic) bond motifs is 11. The van der Waals surface area contributed by atoms with Crippen LogP contribution in [-0.2, 0) is 20.4 Å². The van der Waals surface area contributed by atoms with Crippen molar-refractivity contribution in [2.24, 2.45) is 0 Å². The van der Waals surface area contributed by atoms with Gasteiger partial charge in [-0.25, -0.2) is 4.68 Å². The second-order valence-corrected chi connectivity index (χ2v) is 9.48. The predicted molar refractivity (Wildman–Crippen MR) is 147 cm³/mol. The quantitative estimate of drug-likeness (QED) is 0.232. The molecule has 0 saturated heterocycles. The zero-order chi connectivity index (χ0) is 24.5. The monoisotopic (exact) mass is 581 g/mol. The van der Waals surface area contributed by atoms with E-state index in [1.165, 1.54) is 33.6 Å². The molecule has 4 heterocycles. The summed E-state index contributed by atoms with van der Waals surface area (Å²) in [6, 6.07) is 33.5. The van der Waals surface area contributed by atoms with E-state index in [-0.39, 0.29) is 27.3 Å². The second kappa shape index (κ2) is 8.73. The number of nitrogens with zero attached hydrogens (tertiary/aromatic N) is 6. The Hall–Kier alpha value is -4.11. The van der Waals surface area contributed by atoms with E-state index < -0.39 is 0 Å². The molecule has 8 rings (SSSR count). The van der Waals surface area contributed by atoms with Gasteiger partial charge in [-0.3, -0.25) is 0 Å².